The van der Waals surface area contributed by atoms with E-state index >= 15 is 0 Å². The fraction of sp³-hybridized carbons (Fsp3) is 0.357. The molecule has 0 amide bonds. The third-order valence-electron chi connectivity index (χ3n) is 3.12. The smallest absolute Gasteiger partial charge is 0.189 e. The first-order valence-electron chi connectivity index (χ1n) is 6.13. The Kier molecular flexibility index (Phi) is 3.99. The first-order valence-corrected chi connectivity index (χ1v) is 6.13. The van der Waals surface area contributed by atoms with Crippen LogP contribution in [0.25, 0.3) is 10.9 Å². The van der Waals surface area contributed by atoms with E-state index in [0.717, 1.165) is 5.69 Å². The summed E-state index contributed by atoms with van der Waals surface area (Å²) in [6.07, 6.45) is -2.08. The standard InChI is InChI=1S/C14H17NO4/c1-8-6-13(18)10-7-9(2-3-11(10)15-8)14(19)12(17)4-5-16/h2-3,6-7,12,14,16-17,19H,4-5H2,1H3,(H,15,18). The number of hydrogen-bond donors (Lipinski definition) is 4. The number of aromatic nitrogens is 1. The predicted octanol–water partition coefficient (Wildman–Crippen LogP) is 0.613. The van der Waals surface area contributed by atoms with Crippen LogP contribution in [-0.4, -0.2) is 33.0 Å². The number of aromatic amines is 1. The first kappa shape index (κ1) is 13.7. The number of aliphatic hydroxyl groups excluding tert-OH is 3. The lowest BCUT2D eigenvalue weighted by molar-refractivity contribution is 0.00428. The van der Waals surface area contributed by atoms with Gasteiger partial charge in [-0.1, -0.05) is 6.07 Å². The second-order valence-electron chi connectivity index (χ2n) is 4.65. The highest BCUT2D eigenvalue weighted by molar-refractivity contribution is 5.79. The van der Waals surface area contributed by atoms with Crippen LogP contribution < -0.4 is 5.43 Å². The Morgan fingerprint density at radius 2 is 2.00 bits per heavy atom. The van der Waals surface area contributed by atoms with Crippen molar-refractivity contribution in [3.8, 4) is 0 Å². The van der Waals surface area contributed by atoms with Crippen LogP contribution in [0.15, 0.2) is 29.1 Å². The maximum Gasteiger partial charge on any atom is 0.189 e. The monoisotopic (exact) mass is 263 g/mol. The largest absolute Gasteiger partial charge is 0.396 e. The Bertz CT molecular complexity index is 635. The summed E-state index contributed by atoms with van der Waals surface area (Å²) in [4.78, 5) is 14.9. The van der Waals surface area contributed by atoms with E-state index in [1.165, 1.54) is 6.07 Å². The quantitative estimate of drug-likeness (QED) is 0.650. The van der Waals surface area contributed by atoms with E-state index in [2.05, 4.69) is 4.98 Å². The molecule has 1 aromatic heterocycles. The minimum atomic E-state index is -1.11. The van der Waals surface area contributed by atoms with Crippen molar-refractivity contribution in [2.75, 3.05) is 6.61 Å². The molecule has 0 bridgehead atoms. The molecule has 2 rings (SSSR count). The normalized spacial score (nSPS) is 14.5. The van der Waals surface area contributed by atoms with Crippen molar-refractivity contribution in [1.29, 1.82) is 0 Å². The molecule has 2 unspecified atom stereocenters. The molecule has 2 aromatic rings. The SMILES string of the molecule is Cc1cc(=O)c2cc(C(O)C(O)CCO)ccc2[nH]1. The molecule has 0 radical (unpaired) electrons. The number of aryl methyl sites for hydroxylation is 1. The van der Waals surface area contributed by atoms with Crippen molar-refractivity contribution in [1.82, 2.24) is 4.98 Å². The van der Waals surface area contributed by atoms with E-state index in [1.54, 1.807) is 25.1 Å². The summed E-state index contributed by atoms with van der Waals surface area (Å²) in [6.45, 7) is 1.60. The molecule has 1 heterocycles. The van der Waals surface area contributed by atoms with E-state index in [-0.39, 0.29) is 18.5 Å². The van der Waals surface area contributed by atoms with Gasteiger partial charge in [-0.2, -0.15) is 0 Å². The van der Waals surface area contributed by atoms with Gasteiger partial charge in [-0.15, -0.1) is 0 Å². The average molecular weight is 263 g/mol. The molecule has 0 saturated carbocycles. The Labute approximate surface area is 110 Å². The number of nitrogens with one attached hydrogen (secondary N) is 1. The topological polar surface area (TPSA) is 93.6 Å². The Morgan fingerprint density at radius 1 is 1.26 bits per heavy atom. The van der Waals surface area contributed by atoms with E-state index in [9.17, 15) is 15.0 Å². The van der Waals surface area contributed by atoms with Gasteiger partial charge in [-0.3, -0.25) is 4.79 Å². The number of pyridine rings is 1. The molecule has 0 aliphatic rings. The molecule has 1 aromatic carbocycles. The lowest BCUT2D eigenvalue weighted by Crippen LogP contribution is -2.19. The highest BCUT2D eigenvalue weighted by Crippen LogP contribution is 2.21. The van der Waals surface area contributed by atoms with Crippen molar-refractivity contribution < 1.29 is 15.3 Å². The van der Waals surface area contributed by atoms with Crippen LogP contribution in [-0.2, 0) is 0 Å². The number of benzene rings is 1. The van der Waals surface area contributed by atoms with Crippen molar-refractivity contribution in [2.24, 2.45) is 0 Å². The van der Waals surface area contributed by atoms with Crippen LogP contribution in [0.1, 0.15) is 23.8 Å². The van der Waals surface area contributed by atoms with Crippen LogP contribution >= 0.6 is 0 Å². The third-order valence-corrected chi connectivity index (χ3v) is 3.12. The number of aliphatic hydroxyl groups is 3. The summed E-state index contributed by atoms with van der Waals surface area (Å²) < 4.78 is 0. The van der Waals surface area contributed by atoms with E-state index < -0.39 is 12.2 Å². The summed E-state index contributed by atoms with van der Waals surface area (Å²) in [5, 5.41) is 28.8. The zero-order valence-electron chi connectivity index (χ0n) is 10.6. The number of rotatable bonds is 4. The molecule has 4 N–H and O–H groups in total. The summed E-state index contributed by atoms with van der Waals surface area (Å²) in [5.74, 6) is 0. The molecule has 0 aliphatic carbocycles. The molecule has 5 nitrogen and oxygen atoms in total. The highest BCUT2D eigenvalue weighted by Gasteiger charge is 2.18. The fourth-order valence-corrected chi connectivity index (χ4v) is 2.09. The Morgan fingerprint density at radius 3 is 2.68 bits per heavy atom. The van der Waals surface area contributed by atoms with Gasteiger partial charge in [0.1, 0.15) is 6.10 Å². The maximum absolute atomic E-state index is 11.9. The number of fused-ring (bicyclic) bond motifs is 1. The second-order valence-corrected chi connectivity index (χ2v) is 4.65. The van der Waals surface area contributed by atoms with Gasteiger partial charge in [0.05, 0.1) is 6.10 Å². The van der Waals surface area contributed by atoms with Crippen LogP contribution in [0.2, 0.25) is 0 Å². The third kappa shape index (κ3) is 2.84. The van der Waals surface area contributed by atoms with Gasteiger partial charge in [0.25, 0.3) is 0 Å². The highest BCUT2D eigenvalue weighted by atomic mass is 16.3. The van der Waals surface area contributed by atoms with Gasteiger partial charge in [0, 0.05) is 29.3 Å². The lowest BCUT2D eigenvalue weighted by Gasteiger charge is -2.17. The van der Waals surface area contributed by atoms with Crippen molar-refractivity contribution in [3.63, 3.8) is 0 Å². The van der Waals surface area contributed by atoms with Gasteiger partial charge in [-0.05, 0) is 31.0 Å². The molecule has 2 atom stereocenters. The van der Waals surface area contributed by atoms with Crippen LogP contribution in [0.4, 0.5) is 0 Å². The van der Waals surface area contributed by atoms with Gasteiger partial charge in [-0.25, -0.2) is 0 Å². The second kappa shape index (κ2) is 5.52. The molecular formula is C14H17NO4. The van der Waals surface area contributed by atoms with Crippen LogP contribution in [0, 0.1) is 6.92 Å². The summed E-state index contributed by atoms with van der Waals surface area (Å²) in [7, 11) is 0. The minimum absolute atomic E-state index is 0.0868. The predicted molar refractivity (Wildman–Crippen MR) is 72.0 cm³/mol. The molecule has 0 aliphatic heterocycles. The molecule has 5 heteroatoms. The fourth-order valence-electron chi connectivity index (χ4n) is 2.09. The number of H-pyrrole nitrogens is 1. The zero-order valence-corrected chi connectivity index (χ0v) is 10.6. The molecule has 0 saturated heterocycles. The average Bonchev–Trinajstić information content (AvgIpc) is 2.37. The van der Waals surface area contributed by atoms with Gasteiger partial charge in [0.2, 0.25) is 0 Å². The van der Waals surface area contributed by atoms with E-state index in [1.807, 2.05) is 0 Å². The maximum atomic E-state index is 11.9. The summed E-state index contributed by atoms with van der Waals surface area (Å²) in [6, 6.07) is 6.42. The van der Waals surface area contributed by atoms with Crippen molar-refractivity contribution in [3.05, 3.63) is 45.7 Å². The van der Waals surface area contributed by atoms with Gasteiger partial charge in [0.15, 0.2) is 5.43 Å². The minimum Gasteiger partial charge on any atom is -0.396 e. The van der Waals surface area contributed by atoms with Gasteiger partial charge >= 0.3 is 0 Å². The Balaban J connectivity index is 2.44. The first-order chi connectivity index (χ1) is 9.02. The molecule has 0 fully saturated rings. The van der Waals surface area contributed by atoms with Crippen molar-refractivity contribution in [2.45, 2.75) is 25.6 Å². The zero-order chi connectivity index (χ0) is 14.0. The molecular weight excluding hydrogens is 246 g/mol. The Hall–Kier alpha value is -1.69. The van der Waals surface area contributed by atoms with E-state index in [0.29, 0.717) is 16.5 Å². The molecule has 102 valence electrons. The molecule has 0 spiro atoms. The summed E-state index contributed by atoms with van der Waals surface area (Å²) >= 11 is 0. The van der Waals surface area contributed by atoms with Crippen LogP contribution in [0.3, 0.4) is 0 Å². The number of hydrogen-bond acceptors (Lipinski definition) is 4. The molecule has 19 heavy (non-hydrogen) atoms. The van der Waals surface area contributed by atoms with Crippen molar-refractivity contribution >= 4 is 10.9 Å². The van der Waals surface area contributed by atoms with Crippen LogP contribution in [0.5, 0.6) is 0 Å². The summed E-state index contributed by atoms with van der Waals surface area (Å²) in [5.41, 5.74) is 1.79. The van der Waals surface area contributed by atoms with E-state index in [4.69, 9.17) is 5.11 Å². The lowest BCUT2D eigenvalue weighted by atomic mass is 10.0. The van der Waals surface area contributed by atoms with Gasteiger partial charge < -0.3 is 20.3 Å².